The van der Waals surface area contributed by atoms with Gasteiger partial charge in [-0.3, -0.25) is 0 Å². The summed E-state index contributed by atoms with van der Waals surface area (Å²) < 4.78 is 0. The van der Waals surface area contributed by atoms with E-state index in [2.05, 4.69) is 48.1 Å². The van der Waals surface area contributed by atoms with E-state index < -0.39 is 0 Å². The Hall–Kier alpha value is -0.261. The van der Waals surface area contributed by atoms with E-state index in [9.17, 15) is 0 Å². The fourth-order valence-corrected chi connectivity index (χ4v) is 1.77. The third-order valence-electron chi connectivity index (χ3n) is 1.67. The Morgan fingerprint density at radius 3 is 2.50 bits per heavy atom. The van der Waals surface area contributed by atoms with Crippen molar-refractivity contribution in [2.45, 2.75) is 19.2 Å². The van der Waals surface area contributed by atoms with Gasteiger partial charge in [-0.2, -0.15) is 0 Å². The van der Waals surface area contributed by atoms with E-state index in [-0.39, 0.29) is 0 Å². The normalized spacial score (nSPS) is 9.90. The van der Waals surface area contributed by atoms with Gasteiger partial charge < -0.3 is 0 Å². The van der Waals surface area contributed by atoms with Crippen LogP contribution in [-0.4, -0.2) is 16.0 Å². The molecule has 0 spiro atoms. The molecule has 0 aliphatic heterocycles. The Kier molecular flexibility index (Phi) is 2.53. The van der Waals surface area contributed by atoms with Crippen molar-refractivity contribution < 1.29 is 0 Å². The summed E-state index contributed by atoms with van der Waals surface area (Å²) in [6.07, 6.45) is 0. The second kappa shape index (κ2) is 3.23. The molecule has 10 heavy (non-hydrogen) atoms. The van der Waals surface area contributed by atoms with E-state index in [4.69, 9.17) is 0 Å². The van der Waals surface area contributed by atoms with Gasteiger partial charge in [-0.25, -0.2) is 0 Å². The SMILES string of the molecule is Cc1ccc(C[SeH])c(C)c1. The van der Waals surface area contributed by atoms with Crippen molar-refractivity contribution in [3.05, 3.63) is 34.9 Å². The van der Waals surface area contributed by atoms with E-state index in [0.717, 1.165) is 5.32 Å². The van der Waals surface area contributed by atoms with E-state index in [1.165, 1.54) is 16.7 Å². The summed E-state index contributed by atoms with van der Waals surface area (Å²) in [5.41, 5.74) is 4.19. The molecule has 0 fully saturated rings. The number of hydrogen-bond donors (Lipinski definition) is 0. The molecule has 0 nitrogen and oxygen atoms in total. The van der Waals surface area contributed by atoms with E-state index in [1.807, 2.05) is 0 Å². The summed E-state index contributed by atoms with van der Waals surface area (Å²) in [4.78, 5) is 0. The molecule has 0 bridgehead atoms. The van der Waals surface area contributed by atoms with Crippen molar-refractivity contribution in [2.24, 2.45) is 0 Å². The molecule has 1 rings (SSSR count). The minimum atomic E-state index is 1.08. The first-order valence-electron chi connectivity index (χ1n) is 3.41. The summed E-state index contributed by atoms with van der Waals surface area (Å²) in [6.45, 7) is 4.29. The quantitative estimate of drug-likeness (QED) is 0.604. The van der Waals surface area contributed by atoms with Crippen LogP contribution in [0.2, 0.25) is 0 Å². The van der Waals surface area contributed by atoms with Gasteiger partial charge in [0.15, 0.2) is 0 Å². The molecule has 0 aliphatic rings. The molecule has 0 amide bonds. The van der Waals surface area contributed by atoms with Crippen LogP contribution in [0.25, 0.3) is 0 Å². The molecule has 0 radical (unpaired) electrons. The zero-order valence-corrected chi connectivity index (χ0v) is 8.26. The van der Waals surface area contributed by atoms with Crippen LogP contribution in [0.3, 0.4) is 0 Å². The van der Waals surface area contributed by atoms with Crippen molar-refractivity contribution in [1.29, 1.82) is 0 Å². The average Bonchev–Trinajstić information content (AvgIpc) is 1.88. The molecule has 1 heteroatoms. The van der Waals surface area contributed by atoms with Gasteiger partial charge in [0.05, 0.1) is 0 Å². The first-order chi connectivity index (χ1) is 4.74. The summed E-state index contributed by atoms with van der Waals surface area (Å²) in [5, 5.41) is 1.08. The van der Waals surface area contributed by atoms with Crippen LogP contribution in [0.1, 0.15) is 16.7 Å². The van der Waals surface area contributed by atoms with Gasteiger partial charge in [-0.1, -0.05) is 0 Å². The van der Waals surface area contributed by atoms with E-state index in [0.29, 0.717) is 0 Å². The molecule has 0 aliphatic carbocycles. The fourth-order valence-electron chi connectivity index (χ4n) is 1.02. The van der Waals surface area contributed by atoms with Crippen LogP contribution in [0.15, 0.2) is 18.2 Å². The standard InChI is InChI=1S/C9H12Se/c1-7-3-4-9(6-10)8(2)5-7/h3-5,10H,6H2,1-2H3. The molecule has 1 aromatic carbocycles. The molecule has 54 valence electrons. The summed E-state index contributed by atoms with van der Waals surface area (Å²) >= 11 is 2.61. The zero-order valence-electron chi connectivity index (χ0n) is 6.39. The Morgan fingerprint density at radius 1 is 1.30 bits per heavy atom. The molecule has 0 aromatic heterocycles. The fraction of sp³-hybridized carbons (Fsp3) is 0.333. The van der Waals surface area contributed by atoms with E-state index in [1.54, 1.807) is 0 Å². The predicted molar refractivity (Wildman–Crippen MR) is 46.8 cm³/mol. The third-order valence-corrected chi connectivity index (χ3v) is 2.38. The number of aryl methyl sites for hydroxylation is 2. The van der Waals surface area contributed by atoms with Crippen molar-refractivity contribution >= 4 is 16.0 Å². The van der Waals surface area contributed by atoms with Crippen LogP contribution in [-0.2, 0) is 5.32 Å². The Balaban J connectivity index is 3.07. The molecule has 0 N–H and O–H groups in total. The van der Waals surface area contributed by atoms with Crippen molar-refractivity contribution in [2.75, 3.05) is 0 Å². The topological polar surface area (TPSA) is 0 Å². The summed E-state index contributed by atoms with van der Waals surface area (Å²) in [7, 11) is 0. The van der Waals surface area contributed by atoms with Gasteiger partial charge in [0.1, 0.15) is 0 Å². The second-order valence-corrected chi connectivity index (χ2v) is 3.25. The molecule has 0 unspecified atom stereocenters. The number of hydrogen-bond acceptors (Lipinski definition) is 0. The first kappa shape index (κ1) is 7.84. The molecule has 0 saturated heterocycles. The predicted octanol–water partition coefficient (Wildman–Crippen LogP) is 1.70. The maximum absolute atomic E-state index is 2.61. The minimum absolute atomic E-state index is 1.08. The van der Waals surface area contributed by atoms with E-state index >= 15 is 0 Å². The first-order valence-corrected chi connectivity index (χ1v) is 4.73. The average molecular weight is 199 g/mol. The van der Waals surface area contributed by atoms with Gasteiger partial charge >= 0.3 is 70.1 Å². The monoisotopic (exact) mass is 200 g/mol. The Labute approximate surface area is 70.5 Å². The van der Waals surface area contributed by atoms with Crippen LogP contribution in [0.5, 0.6) is 0 Å². The molecular weight excluding hydrogens is 187 g/mol. The van der Waals surface area contributed by atoms with Crippen LogP contribution >= 0.6 is 0 Å². The molecule has 1 aromatic rings. The zero-order chi connectivity index (χ0) is 7.56. The number of rotatable bonds is 1. The molecule has 0 atom stereocenters. The second-order valence-electron chi connectivity index (χ2n) is 2.59. The van der Waals surface area contributed by atoms with Gasteiger partial charge in [-0.15, -0.1) is 0 Å². The Bertz CT molecular complexity index is 228. The van der Waals surface area contributed by atoms with Gasteiger partial charge in [0, 0.05) is 0 Å². The third kappa shape index (κ3) is 1.62. The van der Waals surface area contributed by atoms with Crippen molar-refractivity contribution in [3.8, 4) is 0 Å². The van der Waals surface area contributed by atoms with Gasteiger partial charge in [0.25, 0.3) is 0 Å². The molecule has 0 saturated carbocycles. The summed E-state index contributed by atoms with van der Waals surface area (Å²) in [6, 6.07) is 6.58. The van der Waals surface area contributed by atoms with Gasteiger partial charge in [-0.05, 0) is 0 Å². The van der Waals surface area contributed by atoms with Crippen LogP contribution in [0.4, 0.5) is 0 Å². The van der Waals surface area contributed by atoms with Gasteiger partial charge in [0.2, 0.25) is 0 Å². The molecular formula is C9H12Se. The Morgan fingerprint density at radius 2 is 2.00 bits per heavy atom. The van der Waals surface area contributed by atoms with Crippen molar-refractivity contribution in [3.63, 3.8) is 0 Å². The number of benzene rings is 1. The van der Waals surface area contributed by atoms with Crippen LogP contribution < -0.4 is 0 Å². The maximum atomic E-state index is 2.61. The van der Waals surface area contributed by atoms with Crippen LogP contribution in [0, 0.1) is 13.8 Å². The summed E-state index contributed by atoms with van der Waals surface area (Å²) in [5.74, 6) is 0. The van der Waals surface area contributed by atoms with Crippen molar-refractivity contribution in [1.82, 2.24) is 0 Å². The molecule has 0 heterocycles.